The van der Waals surface area contributed by atoms with Gasteiger partial charge in [-0.05, 0) is 59.0 Å². The third kappa shape index (κ3) is 8.03. The molecule has 0 spiro atoms. The first-order valence-corrected chi connectivity index (χ1v) is 13.7. The minimum Gasteiger partial charge on any atom is -0.493 e. The summed E-state index contributed by atoms with van der Waals surface area (Å²) in [6.07, 6.45) is 5.00. The Balaban J connectivity index is 1.04. The van der Waals surface area contributed by atoms with Crippen molar-refractivity contribution in [2.24, 2.45) is 9.98 Å². The van der Waals surface area contributed by atoms with Gasteiger partial charge in [-0.1, -0.05) is 48.5 Å². The average molecular weight is 549 g/mol. The number of rotatable bonds is 13. The highest BCUT2D eigenvalue weighted by molar-refractivity contribution is 5.83. The summed E-state index contributed by atoms with van der Waals surface area (Å²) in [6, 6.07) is 30.4. The van der Waals surface area contributed by atoms with E-state index in [1.54, 1.807) is 7.11 Å². The molecular weight excluding hydrogens is 516 g/mol. The highest BCUT2D eigenvalue weighted by Crippen LogP contribution is 2.32. The summed E-state index contributed by atoms with van der Waals surface area (Å²) < 4.78 is 27.4. The normalized spacial score (nSPS) is 17.6. The van der Waals surface area contributed by atoms with E-state index < -0.39 is 0 Å². The van der Waals surface area contributed by atoms with E-state index in [0.29, 0.717) is 24.7 Å². The van der Waals surface area contributed by atoms with Gasteiger partial charge in [0.1, 0.15) is 31.2 Å². The Morgan fingerprint density at radius 2 is 1.39 bits per heavy atom. The van der Waals surface area contributed by atoms with E-state index in [9.17, 15) is 0 Å². The van der Waals surface area contributed by atoms with Crippen LogP contribution in [0.3, 0.4) is 0 Å². The van der Waals surface area contributed by atoms with Gasteiger partial charge in [0, 0.05) is 24.6 Å². The lowest BCUT2D eigenvalue weighted by atomic mass is 10.0. The summed E-state index contributed by atoms with van der Waals surface area (Å²) in [5.74, 6) is 2.16. The summed E-state index contributed by atoms with van der Waals surface area (Å²) >= 11 is 0. The van der Waals surface area contributed by atoms with Crippen LogP contribution in [0, 0.1) is 0 Å². The van der Waals surface area contributed by atoms with Crippen molar-refractivity contribution >= 4 is 23.8 Å². The van der Waals surface area contributed by atoms with Crippen molar-refractivity contribution in [1.82, 2.24) is 0 Å². The van der Waals surface area contributed by atoms with E-state index in [1.807, 2.05) is 54.9 Å². The Labute approximate surface area is 240 Å². The molecule has 208 valence electrons. The van der Waals surface area contributed by atoms with Gasteiger partial charge in [-0.25, -0.2) is 0 Å². The number of epoxide rings is 2. The average Bonchev–Trinajstić information content (AvgIpc) is 3.94. The van der Waals surface area contributed by atoms with Crippen LogP contribution in [0.2, 0.25) is 0 Å². The Morgan fingerprint density at radius 3 is 2.15 bits per heavy atom. The molecule has 0 N–H and O–H groups in total. The third-order valence-corrected chi connectivity index (χ3v) is 6.69. The Bertz CT molecular complexity index is 1520. The molecule has 7 nitrogen and oxygen atoms in total. The van der Waals surface area contributed by atoms with Gasteiger partial charge < -0.3 is 23.7 Å². The van der Waals surface area contributed by atoms with E-state index >= 15 is 0 Å². The van der Waals surface area contributed by atoms with Gasteiger partial charge in [0.05, 0.1) is 31.7 Å². The molecule has 7 heteroatoms. The molecule has 4 aromatic rings. The second-order valence-corrected chi connectivity index (χ2v) is 10.0. The van der Waals surface area contributed by atoms with Crippen LogP contribution in [0.4, 0.5) is 11.4 Å². The second-order valence-electron chi connectivity index (χ2n) is 10.0. The first kappa shape index (κ1) is 26.7. The van der Waals surface area contributed by atoms with E-state index in [0.717, 1.165) is 47.9 Å². The molecule has 0 aliphatic carbocycles. The maximum absolute atomic E-state index is 5.78. The van der Waals surface area contributed by atoms with Crippen molar-refractivity contribution < 1.29 is 23.7 Å². The molecule has 0 amide bonds. The molecule has 0 bridgehead atoms. The molecule has 0 saturated carbocycles. The molecule has 2 heterocycles. The van der Waals surface area contributed by atoms with Gasteiger partial charge >= 0.3 is 0 Å². The fourth-order valence-corrected chi connectivity index (χ4v) is 4.25. The zero-order valence-corrected chi connectivity index (χ0v) is 22.9. The molecule has 0 radical (unpaired) electrons. The topological polar surface area (TPSA) is 77.5 Å². The van der Waals surface area contributed by atoms with Crippen LogP contribution in [0.5, 0.6) is 17.2 Å². The molecule has 2 saturated heterocycles. The van der Waals surface area contributed by atoms with Gasteiger partial charge in [0.2, 0.25) is 0 Å². The van der Waals surface area contributed by atoms with E-state index in [-0.39, 0.29) is 12.2 Å². The zero-order chi connectivity index (χ0) is 27.9. The minimum absolute atomic E-state index is 0.195. The second kappa shape index (κ2) is 12.8. The van der Waals surface area contributed by atoms with Crippen molar-refractivity contribution in [3.63, 3.8) is 0 Å². The van der Waals surface area contributed by atoms with Crippen molar-refractivity contribution in [3.8, 4) is 17.2 Å². The van der Waals surface area contributed by atoms with Crippen LogP contribution >= 0.6 is 0 Å². The summed E-state index contributed by atoms with van der Waals surface area (Å²) in [5.41, 5.74) is 6.18. The molecular formula is C34H32N2O5. The minimum atomic E-state index is 0.195. The van der Waals surface area contributed by atoms with Crippen LogP contribution < -0.4 is 14.2 Å². The first-order valence-electron chi connectivity index (χ1n) is 13.7. The number of nitrogens with zero attached hydrogens (tertiary/aromatic N) is 2. The molecule has 0 aromatic heterocycles. The van der Waals surface area contributed by atoms with Gasteiger partial charge in [0.25, 0.3) is 0 Å². The van der Waals surface area contributed by atoms with Crippen LogP contribution in [0.15, 0.2) is 101 Å². The number of aliphatic imine (C=N–C) groups is 2. The number of hydrogen-bond acceptors (Lipinski definition) is 7. The Morgan fingerprint density at radius 1 is 0.683 bits per heavy atom. The zero-order valence-electron chi connectivity index (χ0n) is 22.9. The predicted octanol–water partition coefficient (Wildman–Crippen LogP) is 6.34. The van der Waals surface area contributed by atoms with Gasteiger partial charge in [-0.2, -0.15) is 0 Å². The summed E-state index contributed by atoms with van der Waals surface area (Å²) in [6.45, 7) is 2.66. The van der Waals surface area contributed by atoms with Gasteiger partial charge in [0.15, 0.2) is 11.5 Å². The highest BCUT2D eigenvalue weighted by Gasteiger charge is 2.24. The number of benzene rings is 4. The van der Waals surface area contributed by atoms with E-state index in [1.165, 1.54) is 11.1 Å². The van der Waals surface area contributed by atoms with Crippen molar-refractivity contribution in [3.05, 3.63) is 113 Å². The van der Waals surface area contributed by atoms with E-state index in [2.05, 4.69) is 58.5 Å². The summed E-state index contributed by atoms with van der Waals surface area (Å²) in [5, 5.41) is 0. The quantitative estimate of drug-likeness (QED) is 0.144. The van der Waals surface area contributed by atoms with Crippen molar-refractivity contribution in [2.45, 2.75) is 18.6 Å². The third-order valence-electron chi connectivity index (χ3n) is 6.69. The number of ether oxygens (including phenoxy) is 5. The highest BCUT2D eigenvalue weighted by atomic mass is 16.6. The standard InChI is InChI=1S/C34H32N2O5/c1-37-34-17-29(12-13-33(34)41-23-32-22-40-32)35-18-25-10-8-24(9-11-25)14-26-4-2-5-27(15-26)19-36-28-6-3-7-30(16-28)38-20-31-21-39-31/h2-13,15-19,31-32H,14,20-23H2,1H3. The van der Waals surface area contributed by atoms with Crippen molar-refractivity contribution in [2.75, 3.05) is 33.5 Å². The fraction of sp³-hybridized carbons (Fsp3) is 0.235. The summed E-state index contributed by atoms with van der Waals surface area (Å²) in [4.78, 5) is 9.27. The van der Waals surface area contributed by atoms with Crippen molar-refractivity contribution in [1.29, 1.82) is 0 Å². The molecule has 6 rings (SSSR count). The monoisotopic (exact) mass is 548 g/mol. The Hall–Kier alpha value is -4.46. The van der Waals surface area contributed by atoms with E-state index in [4.69, 9.17) is 23.7 Å². The molecule has 2 fully saturated rings. The Kier molecular flexibility index (Phi) is 8.35. The lowest BCUT2D eigenvalue weighted by Gasteiger charge is -2.10. The smallest absolute Gasteiger partial charge is 0.162 e. The number of methoxy groups -OCH3 is 1. The molecule has 2 aliphatic heterocycles. The van der Waals surface area contributed by atoms with Crippen LogP contribution in [0.1, 0.15) is 22.3 Å². The SMILES string of the molecule is COc1cc(N=Cc2ccc(Cc3cccc(C=Nc4cccc(OCC5CO5)c4)c3)cc2)ccc1OCC1CO1. The number of hydrogen-bond donors (Lipinski definition) is 0. The largest absolute Gasteiger partial charge is 0.493 e. The van der Waals surface area contributed by atoms with Crippen LogP contribution in [-0.2, 0) is 15.9 Å². The lowest BCUT2D eigenvalue weighted by Crippen LogP contribution is -2.04. The molecule has 4 aromatic carbocycles. The lowest BCUT2D eigenvalue weighted by molar-refractivity contribution is 0.252. The molecule has 2 atom stereocenters. The van der Waals surface area contributed by atoms with Crippen LogP contribution in [0.25, 0.3) is 0 Å². The van der Waals surface area contributed by atoms with Gasteiger partial charge in [-0.15, -0.1) is 0 Å². The molecule has 2 aliphatic rings. The maximum Gasteiger partial charge on any atom is 0.162 e. The maximum atomic E-state index is 5.78. The summed E-state index contributed by atoms with van der Waals surface area (Å²) in [7, 11) is 1.63. The molecule has 41 heavy (non-hydrogen) atoms. The first-order chi connectivity index (χ1) is 20.2. The fourth-order valence-electron chi connectivity index (χ4n) is 4.25. The van der Waals surface area contributed by atoms with Crippen LogP contribution in [-0.4, -0.2) is 58.2 Å². The van der Waals surface area contributed by atoms with Gasteiger partial charge in [-0.3, -0.25) is 9.98 Å². The molecule has 2 unspecified atom stereocenters. The predicted molar refractivity (Wildman–Crippen MR) is 160 cm³/mol.